The van der Waals surface area contributed by atoms with Gasteiger partial charge in [0.2, 0.25) is 5.96 Å². The summed E-state index contributed by atoms with van der Waals surface area (Å²) in [6, 6.07) is 6.46. The average Bonchev–Trinajstić information content (AvgIpc) is 2.62. The van der Waals surface area contributed by atoms with Crippen LogP contribution in [0.3, 0.4) is 0 Å². The van der Waals surface area contributed by atoms with E-state index >= 15 is 0 Å². The number of amides is 3. The van der Waals surface area contributed by atoms with Crippen molar-refractivity contribution < 1.29 is 9.59 Å². The molecule has 0 radical (unpaired) electrons. The summed E-state index contributed by atoms with van der Waals surface area (Å²) in [5.74, 6) is -0.501. The molecule has 7 N–H and O–H groups in total. The van der Waals surface area contributed by atoms with Gasteiger partial charge in [-0.05, 0) is 31.5 Å². The molecule has 0 aromatic heterocycles. The summed E-state index contributed by atoms with van der Waals surface area (Å²) in [4.78, 5) is 32.8. The van der Waals surface area contributed by atoms with Gasteiger partial charge in [0.1, 0.15) is 5.54 Å². The fourth-order valence-electron chi connectivity index (χ4n) is 2.11. The summed E-state index contributed by atoms with van der Waals surface area (Å²) in [6.07, 6.45) is 0. The normalized spacial score (nSPS) is 17.1. The van der Waals surface area contributed by atoms with Gasteiger partial charge in [-0.2, -0.15) is 4.99 Å². The first kappa shape index (κ1) is 16.3. The minimum atomic E-state index is -0.879. The van der Waals surface area contributed by atoms with Crippen LogP contribution in [0.1, 0.15) is 19.4 Å². The number of carbonyl (C=O) groups is 2. The average molecular weight is 317 g/mol. The monoisotopic (exact) mass is 317 g/mol. The Hall–Kier alpha value is -3.10. The second-order valence-electron chi connectivity index (χ2n) is 5.62. The Balaban J connectivity index is 2.11. The number of nitrogens with one attached hydrogen (secondary N) is 1. The van der Waals surface area contributed by atoms with E-state index in [2.05, 4.69) is 15.3 Å². The van der Waals surface area contributed by atoms with Gasteiger partial charge in [-0.1, -0.05) is 12.1 Å². The van der Waals surface area contributed by atoms with Crippen LogP contribution in [0.25, 0.3) is 0 Å². The van der Waals surface area contributed by atoms with Crippen LogP contribution in [-0.2, 0) is 11.3 Å². The van der Waals surface area contributed by atoms with E-state index in [1.807, 2.05) is 0 Å². The van der Waals surface area contributed by atoms with Gasteiger partial charge in [-0.3, -0.25) is 9.69 Å². The molecule has 122 valence electrons. The summed E-state index contributed by atoms with van der Waals surface area (Å²) in [6.45, 7) is 3.51. The molecule has 0 aliphatic carbocycles. The fraction of sp³-hybridized carbons (Fsp3) is 0.286. The highest BCUT2D eigenvalue weighted by Gasteiger charge is 2.43. The third-order valence-electron chi connectivity index (χ3n) is 3.21. The van der Waals surface area contributed by atoms with Crippen molar-refractivity contribution in [2.45, 2.75) is 25.9 Å². The minimum Gasteiger partial charge on any atom is -0.370 e. The van der Waals surface area contributed by atoms with Crippen LogP contribution in [0, 0.1) is 0 Å². The molecule has 0 saturated carbocycles. The highest BCUT2D eigenvalue weighted by molar-refractivity contribution is 6.06. The zero-order valence-electron chi connectivity index (χ0n) is 12.9. The standard InChI is InChI=1S/C14H19N7O2/c1-14(2)10(22)21(13(23)20-14)7-8-3-5-9(6-4-8)18-12(17)19-11(15)16/h3-6H,7H2,1-2H3,(H,20,23)(H6,15,16,17,18,19). The van der Waals surface area contributed by atoms with Crippen LogP contribution in [0.5, 0.6) is 0 Å². The zero-order valence-corrected chi connectivity index (χ0v) is 12.9. The van der Waals surface area contributed by atoms with Crippen molar-refractivity contribution in [1.82, 2.24) is 10.2 Å². The lowest BCUT2D eigenvalue weighted by Crippen LogP contribution is -2.40. The number of hydrogen-bond donors (Lipinski definition) is 4. The molecule has 1 heterocycles. The van der Waals surface area contributed by atoms with Crippen LogP contribution < -0.4 is 22.5 Å². The molecule has 23 heavy (non-hydrogen) atoms. The van der Waals surface area contributed by atoms with Gasteiger partial charge in [0, 0.05) is 0 Å². The van der Waals surface area contributed by atoms with Crippen molar-refractivity contribution in [3.63, 3.8) is 0 Å². The number of guanidine groups is 2. The number of hydrogen-bond acceptors (Lipinski definition) is 3. The van der Waals surface area contributed by atoms with Crippen LogP contribution in [0.2, 0.25) is 0 Å². The summed E-state index contributed by atoms with van der Waals surface area (Å²) < 4.78 is 0. The van der Waals surface area contributed by atoms with Gasteiger partial charge in [0.25, 0.3) is 5.91 Å². The predicted octanol–water partition coefficient (Wildman–Crippen LogP) is -0.263. The van der Waals surface area contributed by atoms with Crippen molar-refractivity contribution in [1.29, 1.82) is 0 Å². The number of imide groups is 1. The lowest BCUT2D eigenvalue weighted by atomic mass is 10.1. The molecule has 0 atom stereocenters. The second kappa shape index (κ2) is 5.95. The molecule has 1 aliphatic rings. The van der Waals surface area contributed by atoms with Gasteiger partial charge >= 0.3 is 6.03 Å². The highest BCUT2D eigenvalue weighted by atomic mass is 16.2. The van der Waals surface area contributed by atoms with E-state index < -0.39 is 11.6 Å². The number of urea groups is 1. The number of nitrogens with zero attached hydrogens (tertiary/aromatic N) is 3. The molecule has 9 nitrogen and oxygen atoms in total. The third-order valence-corrected chi connectivity index (χ3v) is 3.21. The number of carbonyl (C=O) groups excluding carboxylic acids is 2. The van der Waals surface area contributed by atoms with Crippen LogP contribution in [0.4, 0.5) is 10.5 Å². The molecule has 9 heteroatoms. The van der Waals surface area contributed by atoms with E-state index in [1.54, 1.807) is 38.1 Å². The van der Waals surface area contributed by atoms with Gasteiger partial charge < -0.3 is 22.5 Å². The first-order chi connectivity index (χ1) is 10.7. The molecule has 3 amide bonds. The van der Waals surface area contributed by atoms with Crippen molar-refractivity contribution in [2.24, 2.45) is 27.2 Å². The van der Waals surface area contributed by atoms with Gasteiger partial charge in [-0.15, -0.1) is 0 Å². The first-order valence-corrected chi connectivity index (χ1v) is 6.86. The smallest absolute Gasteiger partial charge is 0.325 e. The molecule has 2 rings (SSSR count). The van der Waals surface area contributed by atoms with Crippen molar-refractivity contribution >= 4 is 29.5 Å². The molecular weight excluding hydrogens is 298 g/mol. The highest BCUT2D eigenvalue weighted by Crippen LogP contribution is 2.20. The van der Waals surface area contributed by atoms with Crippen molar-refractivity contribution in [3.8, 4) is 0 Å². The Labute approximate surface area is 133 Å². The predicted molar refractivity (Wildman–Crippen MR) is 86.7 cm³/mol. The van der Waals surface area contributed by atoms with Crippen molar-refractivity contribution in [2.75, 3.05) is 0 Å². The van der Waals surface area contributed by atoms with Gasteiger partial charge in [0.15, 0.2) is 5.96 Å². The van der Waals surface area contributed by atoms with E-state index in [0.29, 0.717) is 5.69 Å². The van der Waals surface area contributed by atoms with Crippen LogP contribution in [0.15, 0.2) is 34.3 Å². The Kier molecular flexibility index (Phi) is 4.21. The van der Waals surface area contributed by atoms with E-state index in [4.69, 9.17) is 17.2 Å². The number of benzene rings is 1. The van der Waals surface area contributed by atoms with Gasteiger partial charge in [0.05, 0.1) is 12.2 Å². The molecular formula is C14H19N7O2. The van der Waals surface area contributed by atoms with Crippen LogP contribution >= 0.6 is 0 Å². The molecule has 1 saturated heterocycles. The first-order valence-electron chi connectivity index (χ1n) is 6.86. The fourth-order valence-corrected chi connectivity index (χ4v) is 2.11. The zero-order chi connectivity index (χ0) is 17.2. The van der Waals surface area contributed by atoms with Gasteiger partial charge in [-0.25, -0.2) is 9.79 Å². The van der Waals surface area contributed by atoms with E-state index in [-0.39, 0.29) is 24.4 Å². The quantitative estimate of drug-likeness (QED) is 0.343. The van der Waals surface area contributed by atoms with Crippen molar-refractivity contribution in [3.05, 3.63) is 29.8 Å². The summed E-state index contributed by atoms with van der Waals surface area (Å²) in [7, 11) is 0. The lowest BCUT2D eigenvalue weighted by molar-refractivity contribution is -0.130. The molecule has 0 bridgehead atoms. The summed E-state index contributed by atoms with van der Waals surface area (Å²) in [5.41, 5.74) is 16.4. The maximum absolute atomic E-state index is 12.1. The maximum Gasteiger partial charge on any atom is 0.325 e. The Bertz CT molecular complexity index is 688. The summed E-state index contributed by atoms with van der Waals surface area (Å²) >= 11 is 0. The topological polar surface area (TPSA) is 152 Å². The van der Waals surface area contributed by atoms with E-state index in [1.165, 1.54) is 4.90 Å². The number of rotatable bonds is 3. The Morgan fingerprint density at radius 3 is 2.26 bits per heavy atom. The molecule has 1 aliphatic heterocycles. The largest absolute Gasteiger partial charge is 0.370 e. The maximum atomic E-state index is 12.1. The van der Waals surface area contributed by atoms with E-state index in [9.17, 15) is 9.59 Å². The van der Waals surface area contributed by atoms with E-state index in [0.717, 1.165) is 5.56 Å². The molecule has 1 aromatic carbocycles. The number of nitrogens with two attached hydrogens (primary N) is 3. The third kappa shape index (κ3) is 3.76. The SMILES string of the molecule is CC1(C)NC(=O)N(Cc2ccc(N=C(N)N=C(N)N)cc2)C1=O. The molecule has 0 spiro atoms. The number of aliphatic imine (C=N–C) groups is 2. The Morgan fingerprint density at radius 1 is 1.17 bits per heavy atom. The minimum absolute atomic E-state index is 0.0615. The lowest BCUT2D eigenvalue weighted by Gasteiger charge is -2.16. The molecule has 1 fully saturated rings. The second-order valence-corrected chi connectivity index (χ2v) is 5.62. The molecule has 0 unspecified atom stereocenters. The summed E-state index contributed by atoms with van der Waals surface area (Å²) in [5, 5.41) is 2.63. The Morgan fingerprint density at radius 2 is 1.78 bits per heavy atom. The molecule has 1 aromatic rings. The van der Waals surface area contributed by atoms with Crippen LogP contribution in [-0.4, -0.2) is 34.3 Å².